The largest absolute Gasteiger partial charge is 0.350 e. The van der Waals surface area contributed by atoms with Crippen molar-refractivity contribution >= 4 is 28.6 Å². The van der Waals surface area contributed by atoms with E-state index in [2.05, 4.69) is 21.5 Å². The number of para-hydroxylation sites is 1. The molecule has 1 saturated carbocycles. The number of nitrogens with zero attached hydrogens (tertiary/aromatic N) is 2. The van der Waals surface area contributed by atoms with Crippen molar-refractivity contribution in [1.82, 2.24) is 9.97 Å². The van der Waals surface area contributed by atoms with Crippen LogP contribution in [0.1, 0.15) is 25.7 Å². The molecule has 1 aliphatic carbocycles. The Morgan fingerprint density at radius 3 is 2.95 bits per heavy atom. The van der Waals surface area contributed by atoms with Gasteiger partial charge < -0.3 is 5.32 Å². The zero-order valence-electron chi connectivity index (χ0n) is 11.2. The first-order chi connectivity index (χ1) is 9.36. The van der Waals surface area contributed by atoms with Crippen LogP contribution in [-0.4, -0.2) is 27.5 Å². The van der Waals surface area contributed by atoms with E-state index in [1.165, 1.54) is 25.7 Å². The molecular weight excluding hydrogens is 254 g/mol. The van der Waals surface area contributed by atoms with Gasteiger partial charge >= 0.3 is 0 Å². The molecule has 1 fully saturated rings. The molecule has 0 radical (unpaired) electrons. The van der Waals surface area contributed by atoms with E-state index in [-0.39, 0.29) is 0 Å². The molecule has 0 aliphatic heterocycles. The lowest BCUT2D eigenvalue weighted by Crippen LogP contribution is -2.34. The highest BCUT2D eigenvalue weighted by Gasteiger charge is 2.24. The van der Waals surface area contributed by atoms with Crippen LogP contribution in [0.3, 0.4) is 0 Å². The predicted molar refractivity (Wildman–Crippen MR) is 82.7 cm³/mol. The second-order valence-electron chi connectivity index (χ2n) is 5.06. The van der Waals surface area contributed by atoms with E-state index in [1.807, 2.05) is 42.2 Å². The lowest BCUT2D eigenvalue weighted by molar-refractivity contribution is 0.473. The van der Waals surface area contributed by atoms with Crippen molar-refractivity contribution < 1.29 is 0 Å². The van der Waals surface area contributed by atoms with Gasteiger partial charge in [-0.1, -0.05) is 31.0 Å². The standard InChI is InChI=1S/C15H19N3S/c1-19-14-9-5-4-8-13(14)18-15-16-10-11-6-2-3-7-12(11)17-15/h2-3,6-7,10,13-14H,4-5,8-9H2,1H3,(H,16,17,18). The molecule has 3 nitrogen and oxygen atoms in total. The third-order valence-electron chi connectivity index (χ3n) is 3.81. The van der Waals surface area contributed by atoms with Crippen molar-refractivity contribution in [3.05, 3.63) is 30.5 Å². The smallest absolute Gasteiger partial charge is 0.223 e. The predicted octanol–water partition coefficient (Wildman–Crippen LogP) is 3.72. The van der Waals surface area contributed by atoms with Gasteiger partial charge in [-0.3, -0.25) is 0 Å². The summed E-state index contributed by atoms with van der Waals surface area (Å²) in [6.07, 6.45) is 9.28. The van der Waals surface area contributed by atoms with Crippen molar-refractivity contribution in [1.29, 1.82) is 0 Å². The van der Waals surface area contributed by atoms with E-state index < -0.39 is 0 Å². The number of rotatable bonds is 3. The van der Waals surface area contributed by atoms with E-state index in [0.29, 0.717) is 11.3 Å². The highest BCUT2D eigenvalue weighted by Crippen LogP contribution is 2.29. The maximum Gasteiger partial charge on any atom is 0.223 e. The van der Waals surface area contributed by atoms with E-state index in [0.717, 1.165) is 16.9 Å². The molecule has 3 rings (SSSR count). The van der Waals surface area contributed by atoms with Gasteiger partial charge in [0.05, 0.1) is 5.52 Å². The van der Waals surface area contributed by atoms with Gasteiger partial charge in [-0.15, -0.1) is 0 Å². The van der Waals surface area contributed by atoms with Gasteiger partial charge in [0.25, 0.3) is 0 Å². The number of benzene rings is 1. The Kier molecular flexibility index (Phi) is 3.87. The van der Waals surface area contributed by atoms with Crippen LogP contribution in [0.25, 0.3) is 10.9 Å². The number of nitrogens with one attached hydrogen (secondary N) is 1. The average Bonchev–Trinajstić information content (AvgIpc) is 2.48. The topological polar surface area (TPSA) is 37.8 Å². The molecule has 1 aromatic heterocycles. The third kappa shape index (κ3) is 2.84. The maximum atomic E-state index is 4.61. The fraction of sp³-hybridized carbons (Fsp3) is 0.467. The lowest BCUT2D eigenvalue weighted by atomic mass is 9.95. The number of fused-ring (bicyclic) bond motifs is 1. The van der Waals surface area contributed by atoms with Crippen LogP contribution in [0.15, 0.2) is 30.5 Å². The Labute approximate surface area is 118 Å². The highest BCUT2D eigenvalue weighted by molar-refractivity contribution is 7.99. The molecule has 0 spiro atoms. The van der Waals surface area contributed by atoms with E-state index in [4.69, 9.17) is 0 Å². The fourth-order valence-electron chi connectivity index (χ4n) is 2.75. The van der Waals surface area contributed by atoms with Crippen LogP contribution in [-0.2, 0) is 0 Å². The molecule has 2 atom stereocenters. The average molecular weight is 273 g/mol. The van der Waals surface area contributed by atoms with Gasteiger partial charge in [0.15, 0.2) is 0 Å². The molecule has 100 valence electrons. The van der Waals surface area contributed by atoms with Crippen molar-refractivity contribution in [3.8, 4) is 0 Å². The Morgan fingerprint density at radius 2 is 2.05 bits per heavy atom. The van der Waals surface area contributed by atoms with Crippen molar-refractivity contribution in [3.63, 3.8) is 0 Å². The summed E-state index contributed by atoms with van der Waals surface area (Å²) in [6, 6.07) is 8.62. The van der Waals surface area contributed by atoms with Crippen LogP contribution >= 0.6 is 11.8 Å². The van der Waals surface area contributed by atoms with Gasteiger partial charge in [0.2, 0.25) is 5.95 Å². The summed E-state index contributed by atoms with van der Waals surface area (Å²) >= 11 is 1.96. The minimum atomic E-state index is 0.505. The van der Waals surface area contributed by atoms with Gasteiger partial charge in [-0.25, -0.2) is 9.97 Å². The van der Waals surface area contributed by atoms with Crippen molar-refractivity contribution in [2.45, 2.75) is 37.0 Å². The van der Waals surface area contributed by atoms with E-state index >= 15 is 0 Å². The van der Waals surface area contributed by atoms with Crippen LogP contribution in [0.5, 0.6) is 0 Å². The fourth-order valence-corrected chi connectivity index (χ4v) is 3.69. The minimum Gasteiger partial charge on any atom is -0.350 e. The number of anilines is 1. The lowest BCUT2D eigenvalue weighted by Gasteiger charge is -2.30. The summed E-state index contributed by atoms with van der Waals surface area (Å²) in [7, 11) is 0. The summed E-state index contributed by atoms with van der Waals surface area (Å²) in [5.74, 6) is 0.768. The molecule has 0 bridgehead atoms. The first-order valence-electron chi connectivity index (χ1n) is 6.88. The van der Waals surface area contributed by atoms with Gasteiger partial charge in [0, 0.05) is 22.9 Å². The maximum absolute atomic E-state index is 4.61. The Bertz CT molecular complexity index is 558. The molecule has 19 heavy (non-hydrogen) atoms. The quantitative estimate of drug-likeness (QED) is 0.925. The first kappa shape index (κ1) is 12.7. The summed E-state index contributed by atoms with van der Waals surface area (Å²) in [5, 5.41) is 5.31. The first-order valence-corrected chi connectivity index (χ1v) is 8.17. The number of hydrogen-bond donors (Lipinski definition) is 1. The monoisotopic (exact) mass is 273 g/mol. The Morgan fingerprint density at radius 1 is 1.21 bits per heavy atom. The summed E-state index contributed by atoms with van der Waals surface area (Å²) < 4.78 is 0. The van der Waals surface area contributed by atoms with Gasteiger partial charge in [-0.05, 0) is 25.2 Å². The number of aromatic nitrogens is 2. The molecular formula is C15H19N3S. The molecule has 1 heterocycles. The Balaban J connectivity index is 1.80. The van der Waals surface area contributed by atoms with Crippen LogP contribution in [0.2, 0.25) is 0 Å². The van der Waals surface area contributed by atoms with Crippen LogP contribution < -0.4 is 5.32 Å². The van der Waals surface area contributed by atoms with E-state index in [9.17, 15) is 0 Å². The molecule has 0 amide bonds. The highest BCUT2D eigenvalue weighted by atomic mass is 32.2. The molecule has 0 saturated heterocycles. The molecule has 4 heteroatoms. The molecule has 1 aliphatic rings. The molecule has 2 aromatic rings. The van der Waals surface area contributed by atoms with Crippen LogP contribution in [0.4, 0.5) is 5.95 Å². The minimum absolute atomic E-state index is 0.505. The molecule has 1 aromatic carbocycles. The zero-order valence-corrected chi connectivity index (χ0v) is 12.0. The number of hydrogen-bond acceptors (Lipinski definition) is 4. The second-order valence-corrected chi connectivity index (χ2v) is 6.14. The molecule has 2 unspecified atom stereocenters. The normalized spacial score (nSPS) is 23.4. The number of thioether (sulfide) groups is 1. The SMILES string of the molecule is CSC1CCCCC1Nc1ncc2ccccc2n1. The second kappa shape index (κ2) is 5.78. The summed E-state index contributed by atoms with van der Waals surface area (Å²) in [6.45, 7) is 0. The zero-order chi connectivity index (χ0) is 13.1. The summed E-state index contributed by atoms with van der Waals surface area (Å²) in [5.41, 5.74) is 1.01. The van der Waals surface area contributed by atoms with Crippen molar-refractivity contribution in [2.75, 3.05) is 11.6 Å². The third-order valence-corrected chi connectivity index (χ3v) is 4.98. The molecule has 1 N–H and O–H groups in total. The van der Waals surface area contributed by atoms with Crippen LogP contribution in [0, 0.1) is 0 Å². The van der Waals surface area contributed by atoms with E-state index in [1.54, 1.807) is 0 Å². The Hall–Kier alpha value is -1.29. The van der Waals surface area contributed by atoms with Gasteiger partial charge in [0.1, 0.15) is 0 Å². The van der Waals surface area contributed by atoms with Crippen molar-refractivity contribution in [2.24, 2.45) is 0 Å². The summed E-state index contributed by atoms with van der Waals surface area (Å²) in [4.78, 5) is 9.04. The van der Waals surface area contributed by atoms with Gasteiger partial charge in [-0.2, -0.15) is 11.8 Å².